The van der Waals surface area contributed by atoms with E-state index >= 15 is 0 Å². The van der Waals surface area contributed by atoms with Crippen LogP contribution in [0.3, 0.4) is 0 Å². The molecule has 35 heavy (non-hydrogen) atoms. The molecule has 1 aliphatic carbocycles. The Morgan fingerprint density at radius 2 is 1.80 bits per heavy atom. The monoisotopic (exact) mass is 472 g/mol. The number of rotatable bonds is 9. The van der Waals surface area contributed by atoms with Gasteiger partial charge in [0.05, 0.1) is 7.11 Å². The third-order valence-corrected chi connectivity index (χ3v) is 7.42. The number of anilines is 1. The topological polar surface area (TPSA) is 53.5 Å². The molecule has 3 N–H and O–H groups in total. The molecular weight excluding hydrogens is 432 g/mol. The van der Waals surface area contributed by atoms with Gasteiger partial charge in [0.15, 0.2) is 0 Å². The maximum atomic E-state index is 9.85. The van der Waals surface area contributed by atoms with Crippen LogP contribution >= 0.6 is 0 Å². The van der Waals surface area contributed by atoms with Crippen molar-refractivity contribution in [3.8, 4) is 11.5 Å². The normalized spacial score (nSPS) is 16.4. The first-order valence-electron chi connectivity index (χ1n) is 12.8. The predicted octanol–water partition coefficient (Wildman–Crippen LogP) is 6.21. The first kappa shape index (κ1) is 25.1. The molecule has 2 unspecified atom stereocenters. The number of hydrogen-bond acceptors (Lipinski definition) is 4. The summed E-state index contributed by atoms with van der Waals surface area (Å²) in [4.78, 5) is 0. The molecule has 4 rings (SSSR count). The Morgan fingerprint density at radius 1 is 1.03 bits per heavy atom. The lowest BCUT2D eigenvalue weighted by atomic mass is 9.79. The standard InChI is InChI=1S/C31H40N2O2/c1-21(16-22-6-11-26(12-7-22)31(2,3)20-32-4)33-30-19-28(35-5)14-15-29(30)25-9-8-24-18-27(34)13-10-23(24)17-25/h6-7,10-15,18-19,21,25,32-34H,8-9,16-17,20H2,1-5H3. The minimum atomic E-state index is 0.115. The van der Waals surface area contributed by atoms with E-state index in [9.17, 15) is 5.11 Å². The number of likely N-dealkylation sites (N-methyl/N-ethyl adjacent to an activating group) is 1. The lowest BCUT2D eigenvalue weighted by Crippen LogP contribution is -2.30. The van der Waals surface area contributed by atoms with Crippen LogP contribution in [0, 0.1) is 0 Å². The molecule has 0 fully saturated rings. The number of aromatic hydroxyl groups is 1. The Balaban J connectivity index is 1.49. The van der Waals surface area contributed by atoms with Crippen LogP contribution in [0.4, 0.5) is 5.69 Å². The summed E-state index contributed by atoms with van der Waals surface area (Å²) in [7, 11) is 3.73. The van der Waals surface area contributed by atoms with Gasteiger partial charge in [-0.1, -0.05) is 50.2 Å². The van der Waals surface area contributed by atoms with Gasteiger partial charge in [-0.25, -0.2) is 0 Å². The van der Waals surface area contributed by atoms with Crippen molar-refractivity contribution in [3.63, 3.8) is 0 Å². The van der Waals surface area contributed by atoms with Crippen LogP contribution in [0.25, 0.3) is 0 Å². The van der Waals surface area contributed by atoms with Crippen molar-refractivity contribution in [1.82, 2.24) is 5.32 Å². The van der Waals surface area contributed by atoms with E-state index in [1.807, 2.05) is 19.2 Å². The van der Waals surface area contributed by atoms with Crippen molar-refractivity contribution in [2.24, 2.45) is 0 Å². The van der Waals surface area contributed by atoms with Gasteiger partial charge in [0, 0.05) is 29.8 Å². The van der Waals surface area contributed by atoms with E-state index in [0.717, 1.165) is 43.7 Å². The minimum Gasteiger partial charge on any atom is -0.508 e. The van der Waals surface area contributed by atoms with Crippen molar-refractivity contribution in [3.05, 3.63) is 88.5 Å². The lowest BCUT2D eigenvalue weighted by molar-refractivity contribution is 0.414. The van der Waals surface area contributed by atoms with E-state index < -0.39 is 0 Å². The molecular formula is C31H40N2O2. The molecule has 0 amide bonds. The fraction of sp³-hybridized carbons (Fsp3) is 0.419. The summed E-state index contributed by atoms with van der Waals surface area (Å²) in [5, 5.41) is 16.9. The quantitative estimate of drug-likeness (QED) is 0.346. The van der Waals surface area contributed by atoms with Gasteiger partial charge in [0.2, 0.25) is 0 Å². The van der Waals surface area contributed by atoms with Crippen LogP contribution in [0.15, 0.2) is 60.7 Å². The van der Waals surface area contributed by atoms with Gasteiger partial charge in [-0.15, -0.1) is 0 Å². The van der Waals surface area contributed by atoms with Gasteiger partial charge in [-0.05, 0) is 91.6 Å². The molecule has 0 aliphatic heterocycles. The Labute approximate surface area is 210 Å². The third-order valence-electron chi connectivity index (χ3n) is 7.42. The smallest absolute Gasteiger partial charge is 0.120 e. The van der Waals surface area contributed by atoms with Crippen molar-refractivity contribution in [1.29, 1.82) is 0 Å². The molecule has 186 valence electrons. The second-order valence-electron chi connectivity index (χ2n) is 10.7. The van der Waals surface area contributed by atoms with Gasteiger partial charge >= 0.3 is 0 Å². The zero-order valence-corrected chi connectivity index (χ0v) is 21.8. The average Bonchev–Trinajstić information content (AvgIpc) is 2.84. The van der Waals surface area contributed by atoms with E-state index in [1.165, 1.54) is 27.8 Å². The van der Waals surface area contributed by atoms with E-state index in [-0.39, 0.29) is 11.5 Å². The highest BCUT2D eigenvalue weighted by molar-refractivity contribution is 5.58. The number of hydrogen-bond donors (Lipinski definition) is 3. The molecule has 0 saturated heterocycles. The highest BCUT2D eigenvalue weighted by atomic mass is 16.5. The Hall–Kier alpha value is -2.98. The summed E-state index contributed by atoms with van der Waals surface area (Å²) in [5.74, 6) is 1.68. The summed E-state index contributed by atoms with van der Waals surface area (Å²) in [6.45, 7) is 7.76. The summed E-state index contributed by atoms with van der Waals surface area (Å²) in [6, 6.07) is 21.6. The molecule has 4 heteroatoms. The number of fused-ring (bicyclic) bond motifs is 1. The summed E-state index contributed by atoms with van der Waals surface area (Å²) < 4.78 is 5.56. The number of ether oxygens (including phenoxy) is 1. The van der Waals surface area contributed by atoms with Crippen LogP contribution in [0.2, 0.25) is 0 Å². The van der Waals surface area contributed by atoms with Crippen LogP contribution in [0.5, 0.6) is 11.5 Å². The van der Waals surface area contributed by atoms with Crippen molar-refractivity contribution in [2.45, 2.75) is 63.8 Å². The van der Waals surface area contributed by atoms with E-state index in [2.05, 4.69) is 79.9 Å². The predicted molar refractivity (Wildman–Crippen MR) is 146 cm³/mol. The summed E-state index contributed by atoms with van der Waals surface area (Å²) in [6.07, 6.45) is 4.02. The first-order chi connectivity index (χ1) is 16.8. The largest absolute Gasteiger partial charge is 0.508 e. The van der Waals surface area contributed by atoms with Crippen molar-refractivity contribution >= 4 is 5.69 Å². The van der Waals surface area contributed by atoms with Gasteiger partial charge < -0.3 is 20.5 Å². The number of benzene rings is 3. The first-order valence-corrected chi connectivity index (χ1v) is 12.8. The lowest BCUT2D eigenvalue weighted by Gasteiger charge is -2.28. The molecule has 0 radical (unpaired) electrons. The maximum absolute atomic E-state index is 9.85. The van der Waals surface area contributed by atoms with E-state index in [4.69, 9.17) is 4.74 Å². The Morgan fingerprint density at radius 3 is 2.51 bits per heavy atom. The molecule has 1 aliphatic rings. The van der Waals surface area contributed by atoms with Crippen LogP contribution in [-0.4, -0.2) is 31.9 Å². The van der Waals surface area contributed by atoms with Gasteiger partial charge in [-0.3, -0.25) is 0 Å². The Kier molecular flexibility index (Phi) is 7.71. The highest BCUT2D eigenvalue weighted by Gasteiger charge is 2.24. The van der Waals surface area contributed by atoms with Crippen LogP contribution < -0.4 is 15.4 Å². The van der Waals surface area contributed by atoms with Gasteiger partial charge in [0.25, 0.3) is 0 Å². The third kappa shape index (κ3) is 5.99. The molecule has 4 nitrogen and oxygen atoms in total. The van der Waals surface area contributed by atoms with Crippen LogP contribution in [0.1, 0.15) is 60.9 Å². The zero-order valence-electron chi connectivity index (χ0n) is 21.8. The van der Waals surface area contributed by atoms with Crippen LogP contribution in [-0.2, 0) is 24.7 Å². The van der Waals surface area contributed by atoms with E-state index in [0.29, 0.717) is 11.7 Å². The maximum Gasteiger partial charge on any atom is 0.120 e. The molecule has 3 aromatic carbocycles. The number of phenols is 1. The SMILES string of the molecule is CNCC(C)(C)c1ccc(CC(C)Nc2cc(OC)ccc2C2CCc3cc(O)ccc3C2)cc1. The molecule has 2 atom stereocenters. The zero-order chi connectivity index (χ0) is 25.0. The Bertz CT molecular complexity index is 1140. The van der Waals surface area contributed by atoms with Gasteiger partial charge in [0.1, 0.15) is 11.5 Å². The van der Waals surface area contributed by atoms with Crippen molar-refractivity contribution < 1.29 is 9.84 Å². The molecule has 0 saturated carbocycles. The number of nitrogens with one attached hydrogen (secondary N) is 2. The molecule has 0 bridgehead atoms. The molecule has 0 aromatic heterocycles. The number of aryl methyl sites for hydroxylation is 1. The average molecular weight is 473 g/mol. The fourth-order valence-electron chi connectivity index (χ4n) is 5.46. The second-order valence-corrected chi connectivity index (χ2v) is 10.7. The van der Waals surface area contributed by atoms with Gasteiger partial charge in [-0.2, -0.15) is 0 Å². The molecule has 0 spiro atoms. The van der Waals surface area contributed by atoms with Crippen molar-refractivity contribution in [2.75, 3.05) is 26.0 Å². The molecule has 0 heterocycles. The fourth-order valence-corrected chi connectivity index (χ4v) is 5.46. The second kappa shape index (κ2) is 10.7. The van der Waals surface area contributed by atoms with E-state index in [1.54, 1.807) is 7.11 Å². The molecule has 3 aromatic rings. The summed E-state index contributed by atoms with van der Waals surface area (Å²) in [5.41, 5.74) is 7.94. The highest BCUT2D eigenvalue weighted by Crippen LogP contribution is 2.38. The number of phenolic OH excluding ortho intramolecular Hbond substituents is 1. The summed E-state index contributed by atoms with van der Waals surface area (Å²) >= 11 is 0. The number of methoxy groups -OCH3 is 1. The minimum absolute atomic E-state index is 0.115.